The molecule has 0 saturated carbocycles. The summed E-state index contributed by atoms with van der Waals surface area (Å²) in [6.07, 6.45) is 1.58. The Morgan fingerprint density at radius 3 is 2.35 bits per heavy atom. The number of hydrogen-bond donors (Lipinski definition) is 1. The van der Waals surface area contributed by atoms with Crippen molar-refractivity contribution in [1.82, 2.24) is 15.5 Å². The first-order valence-electron chi connectivity index (χ1n) is 8.40. The van der Waals surface area contributed by atoms with Crippen molar-refractivity contribution in [3.63, 3.8) is 0 Å². The van der Waals surface area contributed by atoms with Gasteiger partial charge in [-0.2, -0.15) is 4.98 Å². The van der Waals surface area contributed by atoms with E-state index in [0.29, 0.717) is 53.8 Å². The zero-order chi connectivity index (χ0) is 19.1. The Bertz CT molecular complexity index is 717. The molecule has 2 rings (SSSR count). The topological polar surface area (TPSA) is 95.7 Å². The Balaban J connectivity index is 2.08. The number of ether oxygens (including phenoxy) is 3. The van der Waals surface area contributed by atoms with Gasteiger partial charge in [-0.3, -0.25) is 4.79 Å². The molecule has 0 radical (unpaired) electrons. The molecule has 1 heterocycles. The van der Waals surface area contributed by atoms with Gasteiger partial charge in [-0.25, -0.2) is 0 Å². The molecule has 0 unspecified atom stereocenters. The molecule has 0 saturated heterocycles. The molecule has 0 bridgehead atoms. The number of carbonyl (C=O) groups excluding carboxylic acids is 1. The van der Waals surface area contributed by atoms with Crippen LogP contribution in [-0.2, 0) is 11.2 Å². The van der Waals surface area contributed by atoms with Crippen molar-refractivity contribution < 1.29 is 23.5 Å². The van der Waals surface area contributed by atoms with Crippen LogP contribution in [0.25, 0.3) is 11.4 Å². The van der Waals surface area contributed by atoms with E-state index in [1.54, 1.807) is 33.5 Å². The molecule has 0 aliphatic heterocycles. The predicted molar refractivity (Wildman–Crippen MR) is 95.6 cm³/mol. The zero-order valence-corrected chi connectivity index (χ0v) is 15.8. The second kappa shape index (κ2) is 9.07. The van der Waals surface area contributed by atoms with Crippen molar-refractivity contribution in [3.8, 4) is 28.6 Å². The third-order valence-corrected chi connectivity index (χ3v) is 3.64. The lowest BCUT2D eigenvalue weighted by Crippen LogP contribution is -2.29. The highest BCUT2D eigenvalue weighted by molar-refractivity contribution is 5.76. The number of nitrogens with zero attached hydrogens (tertiary/aromatic N) is 2. The van der Waals surface area contributed by atoms with Gasteiger partial charge in [0.2, 0.25) is 23.4 Å². The minimum atomic E-state index is 0.0179. The Kier molecular flexibility index (Phi) is 6.82. The summed E-state index contributed by atoms with van der Waals surface area (Å²) in [5.41, 5.74) is 0.687. The minimum absolute atomic E-state index is 0.0179. The number of methoxy groups -OCH3 is 3. The van der Waals surface area contributed by atoms with Gasteiger partial charge in [0.15, 0.2) is 11.5 Å². The molecule has 0 aliphatic carbocycles. The molecule has 1 amide bonds. The normalized spacial score (nSPS) is 10.7. The van der Waals surface area contributed by atoms with Gasteiger partial charge in [0, 0.05) is 24.4 Å². The average molecular weight is 363 g/mol. The van der Waals surface area contributed by atoms with E-state index < -0.39 is 0 Å². The van der Waals surface area contributed by atoms with Crippen LogP contribution in [0.3, 0.4) is 0 Å². The molecule has 1 N–H and O–H groups in total. The molecule has 1 aromatic heterocycles. The van der Waals surface area contributed by atoms with Crippen LogP contribution in [0, 0.1) is 0 Å². The van der Waals surface area contributed by atoms with Crippen molar-refractivity contribution in [2.45, 2.75) is 39.2 Å². The first-order valence-corrected chi connectivity index (χ1v) is 8.40. The summed E-state index contributed by atoms with van der Waals surface area (Å²) in [7, 11) is 4.64. The number of hydrogen-bond acceptors (Lipinski definition) is 7. The van der Waals surface area contributed by atoms with E-state index in [-0.39, 0.29) is 11.9 Å². The second-order valence-electron chi connectivity index (χ2n) is 6.00. The highest BCUT2D eigenvalue weighted by Crippen LogP contribution is 2.40. The third kappa shape index (κ3) is 4.87. The number of aromatic nitrogens is 2. The van der Waals surface area contributed by atoms with Crippen LogP contribution in [0.2, 0.25) is 0 Å². The molecular weight excluding hydrogens is 338 g/mol. The molecule has 1 aromatic carbocycles. The van der Waals surface area contributed by atoms with Crippen LogP contribution >= 0.6 is 0 Å². The fraction of sp³-hybridized carbons (Fsp3) is 0.500. The fourth-order valence-corrected chi connectivity index (χ4v) is 2.48. The van der Waals surface area contributed by atoms with Gasteiger partial charge >= 0.3 is 0 Å². The summed E-state index contributed by atoms with van der Waals surface area (Å²) in [5.74, 6) is 2.44. The minimum Gasteiger partial charge on any atom is -0.493 e. The van der Waals surface area contributed by atoms with E-state index in [1.807, 2.05) is 13.8 Å². The molecule has 0 spiro atoms. The van der Waals surface area contributed by atoms with Gasteiger partial charge < -0.3 is 24.1 Å². The highest BCUT2D eigenvalue weighted by Gasteiger charge is 2.17. The van der Waals surface area contributed by atoms with E-state index in [0.717, 1.165) is 0 Å². The van der Waals surface area contributed by atoms with Crippen LogP contribution in [0.4, 0.5) is 0 Å². The smallest absolute Gasteiger partial charge is 0.226 e. The summed E-state index contributed by atoms with van der Waals surface area (Å²) < 4.78 is 21.3. The van der Waals surface area contributed by atoms with Crippen LogP contribution in [-0.4, -0.2) is 43.4 Å². The maximum atomic E-state index is 11.7. The summed E-state index contributed by atoms with van der Waals surface area (Å²) in [6, 6.07) is 3.65. The lowest BCUT2D eigenvalue weighted by Gasteiger charge is -2.12. The monoisotopic (exact) mass is 363 g/mol. The number of aryl methyl sites for hydroxylation is 1. The highest BCUT2D eigenvalue weighted by atomic mass is 16.5. The van der Waals surface area contributed by atoms with E-state index >= 15 is 0 Å². The molecule has 26 heavy (non-hydrogen) atoms. The largest absolute Gasteiger partial charge is 0.493 e. The van der Waals surface area contributed by atoms with Crippen LogP contribution in [0.5, 0.6) is 17.2 Å². The number of nitrogens with one attached hydrogen (secondary N) is 1. The molecular formula is C18H25N3O5. The van der Waals surface area contributed by atoms with Crippen molar-refractivity contribution in [2.75, 3.05) is 21.3 Å². The average Bonchev–Trinajstić information content (AvgIpc) is 3.08. The second-order valence-corrected chi connectivity index (χ2v) is 6.00. The summed E-state index contributed by atoms with van der Waals surface area (Å²) in [5, 5.41) is 6.85. The molecule has 2 aromatic rings. The van der Waals surface area contributed by atoms with Crippen molar-refractivity contribution in [2.24, 2.45) is 0 Å². The van der Waals surface area contributed by atoms with Gasteiger partial charge in [-0.1, -0.05) is 5.16 Å². The van der Waals surface area contributed by atoms with E-state index in [2.05, 4.69) is 15.5 Å². The number of carbonyl (C=O) groups is 1. The molecule has 8 nitrogen and oxygen atoms in total. The lowest BCUT2D eigenvalue weighted by molar-refractivity contribution is -0.121. The fourth-order valence-electron chi connectivity index (χ4n) is 2.48. The first kappa shape index (κ1) is 19.6. The van der Waals surface area contributed by atoms with Gasteiger partial charge in [0.1, 0.15) is 0 Å². The molecule has 0 fully saturated rings. The number of amides is 1. The molecule has 0 aliphatic rings. The van der Waals surface area contributed by atoms with Crippen LogP contribution in [0.1, 0.15) is 32.6 Å². The number of rotatable bonds is 9. The van der Waals surface area contributed by atoms with Gasteiger partial charge in [0.25, 0.3) is 0 Å². The Morgan fingerprint density at radius 1 is 1.15 bits per heavy atom. The summed E-state index contributed by atoms with van der Waals surface area (Å²) >= 11 is 0. The van der Waals surface area contributed by atoms with Gasteiger partial charge in [-0.15, -0.1) is 0 Å². The Morgan fingerprint density at radius 2 is 1.81 bits per heavy atom. The standard InChI is InChI=1S/C18H25N3O5/c1-11(2)19-15(22)7-6-8-16-20-18(21-26-16)12-9-13(23-3)17(25-5)14(10-12)24-4/h9-11H,6-8H2,1-5H3,(H,19,22). The predicted octanol–water partition coefficient (Wildman–Crippen LogP) is 2.61. The zero-order valence-electron chi connectivity index (χ0n) is 15.8. The van der Waals surface area contributed by atoms with Gasteiger partial charge in [0.05, 0.1) is 21.3 Å². The van der Waals surface area contributed by atoms with Crippen molar-refractivity contribution >= 4 is 5.91 Å². The molecule has 8 heteroatoms. The summed E-state index contributed by atoms with van der Waals surface area (Å²) in [6.45, 7) is 3.86. The van der Waals surface area contributed by atoms with E-state index in [4.69, 9.17) is 18.7 Å². The SMILES string of the molecule is COc1cc(-c2noc(CCCC(=O)NC(C)C)n2)cc(OC)c1OC. The third-order valence-electron chi connectivity index (χ3n) is 3.64. The maximum absolute atomic E-state index is 11.7. The lowest BCUT2D eigenvalue weighted by atomic mass is 10.1. The van der Waals surface area contributed by atoms with Crippen LogP contribution in [0.15, 0.2) is 16.7 Å². The van der Waals surface area contributed by atoms with Crippen molar-refractivity contribution in [1.29, 1.82) is 0 Å². The van der Waals surface area contributed by atoms with E-state index in [1.165, 1.54) is 0 Å². The van der Waals surface area contributed by atoms with E-state index in [9.17, 15) is 4.79 Å². The Labute approximate surface area is 152 Å². The number of benzene rings is 1. The van der Waals surface area contributed by atoms with Crippen LogP contribution < -0.4 is 19.5 Å². The van der Waals surface area contributed by atoms with Crippen molar-refractivity contribution in [3.05, 3.63) is 18.0 Å². The quantitative estimate of drug-likeness (QED) is 0.731. The summed E-state index contributed by atoms with van der Waals surface area (Å²) in [4.78, 5) is 16.0. The Hall–Kier alpha value is -2.77. The first-order chi connectivity index (χ1) is 12.5. The maximum Gasteiger partial charge on any atom is 0.226 e. The molecule has 142 valence electrons. The van der Waals surface area contributed by atoms with Gasteiger partial charge in [-0.05, 0) is 32.4 Å². The molecule has 0 atom stereocenters.